The molecule has 2 heterocycles. The molecule has 0 aliphatic carbocycles. The quantitative estimate of drug-likeness (QED) is 0.447. The fourth-order valence-corrected chi connectivity index (χ4v) is 6.05. The van der Waals surface area contributed by atoms with Crippen molar-refractivity contribution < 1.29 is 18.1 Å². The van der Waals surface area contributed by atoms with Crippen LogP contribution in [0.15, 0.2) is 42.5 Å². The maximum Gasteiger partial charge on any atom is 0.329 e. The van der Waals surface area contributed by atoms with E-state index in [0.29, 0.717) is 11.4 Å². The first kappa shape index (κ1) is 18.4. The van der Waals surface area contributed by atoms with Crippen LogP contribution < -0.4 is 9.80 Å². The Labute approximate surface area is 162 Å². The summed E-state index contributed by atoms with van der Waals surface area (Å²) in [5.74, 6) is -0.221. The van der Waals surface area contributed by atoms with Crippen molar-refractivity contribution in [3.05, 3.63) is 63.7 Å². The zero-order valence-electron chi connectivity index (χ0n) is 15.4. The van der Waals surface area contributed by atoms with Crippen LogP contribution in [-0.2, 0) is 9.84 Å². The minimum Gasteiger partial charge on any atom is -0.288 e. The first-order chi connectivity index (χ1) is 13.2. The normalized spacial score (nSPS) is 23.1. The molecule has 2 aliphatic heterocycles. The summed E-state index contributed by atoms with van der Waals surface area (Å²) in [6.45, 7) is 3.85. The highest BCUT2D eigenvalue weighted by atomic mass is 32.2. The third-order valence-electron chi connectivity index (χ3n) is 5.19. The SMILES string of the molecule is Cc1cc(C)cc(N2C(=O)N(c3ccc([N+](=O)[O-])cc3)[C@H]3CS(=O)(=O)C[C@H]32)c1. The largest absolute Gasteiger partial charge is 0.329 e. The van der Waals surface area contributed by atoms with Gasteiger partial charge in [0, 0.05) is 23.5 Å². The molecule has 4 rings (SSSR count). The van der Waals surface area contributed by atoms with Gasteiger partial charge < -0.3 is 0 Å². The molecule has 0 bridgehead atoms. The van der Waals surface area contributed by atoms with Crippen LogP contribution in [-0.4, -0.2) is 43.0 Å². The number of non-ortho nitro benzene ring substituents is 1. The van der Waals surface area contributed by atoms with E-state index in [1.54, 1.807) is 4.90 Å². The molecule has 2 aliphatic rings. The van der Waals surface area contributed by atoms with Crippen molar-refractivity contribution in [3.8, 4) is 0 Å². The van der Waals surface area contributed by atoms with Crippen LogP contribution in [0.25, 0.3) is 0 Å². The van der Waals surface area contributed by atoms with E-state index in [-0.39, 0.29) is 23.2 Å². The molecule has 0 radical (unpaired) electrons. The van der Waals surface area contributed by atoms with Crippen molar-refractivity contribution in [1.82, 2.24) is 0 Å². The molecule has 0 N–H and O–H groups in total. The van der Waals surface area contributed by atoms with E-state index in [4.69, 9.17) is 0 Å². The Bertz CT molecular complexity index is 1060. The number of benzene rings is 2. The Morgan fingerprint density at radius 2 is 1.43 bits per heavy atom. The molecule has 2 aromatic carbocycles. The molecule has 8 nitrogen and oxygen atoms in total. The van der Waals surface area contributed by atoms with Crippen molar-refractivity contribution in [2.75, 3.05) is 21.3 Å². The molecule has 2 saturated heterocycles. The van der Waals surface area contributed by atoms with Crippen LogP contribution >= 0.6 is 0 Å². The van der Waals surface area contributed by atoms with Gasteiger partial charge >= 0.3 is 6.03 Å². The summed E-state index contributed by atoms with van der Waals surface area (Å²) in [5, 5.41) is 10.9. The van der Waals surface area contributed by atoms with Gasteiger partial charge in [0.1, 0.15) is 0 Å². The molecule has 0 aromatic heterocycles. The molecule has 0 spiro atoms. The van der Waals surface area contributed by atoms with Crippen LogP contribution in [0.5, 0.6) is 0 Å². The fourth-order valence-electron chi connectivity index (χ4n) is 4.13. The number of nitro groups is 1. The van der Waals surface area contributed by atoms with Crippen molar-refractivity contribution >= 4 is 32.9 Å². The van der Waals surface area contributed by atoms with Crippen LogP contribution in [0.2, 0.25) is 0 Å². The van der Waals surface area contributed by atoms with Gasteiger partial charge in [-0.25, -0.2) is 13.2 Å². The highest BCUT2D eigenvalue weighted by Crippen LogP contribution is 2.38. The number of nitro benzene ring substituents is 1. The average molecular weight is 401 g/mol. The monoisotopic (exact) mass is 401 g/mol. The second-order valence-corrected chi connectivity index (χ2v) is 9.51. The minimum atomic E-state index is -3.30. The highest BCUT2D eigenvalue weighted by Gasteiger charge is 2.54. The predicted octanol–water partition coefficient (Wildman–Crippen LogP) is 2.82. The second-order valence-electron chi connectivity index (χ2n) is 7.35. The van der Waals surface area contributed by atoms with Gasteiger partial charge in [-0.05, 0) is 49.2 Å². The highest BCUT2D eigenvalue weighted by molar-refractivity contribution is 7.91. The molecule has 28 heavy (non-hydrogen) atoms. The summed E-state index contributed by atoms with van der Waals surface area (Å²) >= 11 is 0. The van der Waals surface area contributed by atoms with Crippen molar-refractivity contribution in [3.63, 3.8) is 0 Å². The first-order valence-electron chi connectivity index (χ1n) is 8.82. The summed E-state index contributed by atoms with van der Waals surface area (Å²) in [5.41, 5.74) is 2.99. The maximum atomic E-state index is 13.3. The minimum absolute atomic E-state index is 0.0860. The Hall–Kier alpha value is -2.94. The molecule has 2 fully saturated rings. The smallest absolute Gasteiger partial charge is 0.288 e. The van der Waals surface area contributed by atoms with Crippen molar-refractivity contribution in [1.29, 1.82) is 0 Å². The zero-order valence-corrected chi connectivity index (χ0v) is 16.2. The van der Waals surface area contributed by atoms with Gasteiger partial charge in [-0.3, -0.25) is 19.9 Å². The number of anilines is 2. The van der Waals surface area contributed by atoms with Gasteiger partial charge in [-0.15, -0.1) is 0 Å². The fraction of sp³-hybridized carbons (Fsp3) is 0.316. The molecular weight excluding hydrogens is 382 g/mol. The lowest BCUT2D eigenvalue weighted by Gasteiger charge is -2.23. The van der Waals surface area contributed by atoms with Crippen LogP contribution in [0.4, 0.5) is 21.9 Å². The molecule has 2 aromatic rings. The zero-order chi connectivity index (χ0) is 20.2. The number of urea groups is 1. The molecule has 0 saturated carbocycles. The third kappa shape index (κ3) is 3.01. The van der Waals surface area contributed by atoms with Gasteiger partial charge in [-0.2, -0.15) is 0 Å². The van der Waals surface area contributed by atoms with Gasteiger partial charge in [0.15, 0.2) is 9.84 Å². The second kappa shape index (κ2) is 6.30. The molecule has 2 atom stereocenters. The Kier molecular flexibility index (Phi) is 4.15. The standard InChI is InChI=1S/C19H19N3O5S/c1-12-7-13(2)9-16(8-12)21-18-11-28(26,27)10-17(18)20(19(21)23)14-3-5-15(6-4-14)22(24)25/h3-9,17-18H,10-11H2,1-2H3/t17-,18+/m0/s1. The van der Waals surface area contributed by atoms with Gasteiger partial charge in [0.2, 0.25) is 0 Å². The summed E-state index contributed by atoms with van der Waals surface area (Å²) < 4.78 is 24.7. The maximum absolute atomic E-state index is 13.3. The number of sulfone groups is 1. The van der Waals surface area contributed by atoms with E-state index in [1.165, 1.54) is 29.2 Å². The number of carbonyl (C=O) groups excluding carboxylic acids is 1. The van der Waals surface area contributed by atoms with Crippen LogP contribution in [0, 0.1) is 24.0 Å². The number of hydrogen-bond donors (Lipinski definition) is 0. The van der Waals surface area contributed by atoms with E-state index < -0.39 is 26.8 Å². The lowest BCUT2D eigenvalue weighted by molar-refractivity contribution is -0.384. The number of amides is 2. The topological polar surface area (TPSA) is 101 Å². The number of fused-ring (bicyclic) bond motifs is 1. The predicted molar refractivity (Wildman–Crippen MR) is 106 cm³/mol. The summed E-state index contributed by atoms with van der Waals surface area (Å²) in [6.07, 6.45) is 0. The summed E-state index contributed by atoms with van der Waals surface area (Å²) in [4.78, 5) is 26.7. The van der Waals surface area contributed by atoms with E-state index in [0.717, 1.165) is 11.1 Å². The van der Waals surface area contributed by atoms with Gasteiger partial charge in [0.05, 0.1) is 28.5 Å². The molecule has 2 amide bonds. The third-order valence-corrected chi connectivity index (χ3v) is 6.89. The lowest BCUT2D eigenvalue weighted by atomic mass is 10.1. The number of rotatable bonds is 3. The molecular formula is C19H19N3O5S. The summed E-state index contributed by atoms with van der Waals surface area (Å²) in [6, 6.07) is 10.0. The van der Waals surface area contributed by atoms with Crippen LogP contribution in [0.3, 0.4) is 0 Å². The number of hydrogen-bond acceptors (Lipinski definition) is 5. The van der Waals surface area contributed by atoms with E-state index >= 15 is 0 Å². The number of nitrogens with zero attached hydrogens (tertiary/aromatic N) is 3. The Balaban J connectivity index is 1.79. The van der Waals surface area contributed by atoms with Crippen molar-refractivity contribution in [2.24, 2.45) is 0 Å². The van der Waals surface area contributed by atoms with Gasteiger partial charge in [0.25, 0.3) is 5.69 Å². The Morgan fingerprint density at radius 3 is 1.93 bits per heavy atom. The van der Waals surface area contributed by atoms with E-state index in [1.807, 2.05) is 32.0 Å². The molecule has 0 unspecified atom stereocenters. The number of aryl methyl sites for hydroxylation is 2. The first-order valence-corrected chi connectivity index (χ1v) is 10.6. The van der Waals surface area contributed by atoms with Gasteiger partial charge in [-0.1, -0.05) is 6.07 Å². The number of carbonyl (C=O) groups is 1. The molecule has 146 valence electrons. The average Bonchev–Trinajstić information content (AvgIpc) is 3.02. The lowest BCUT2D eigenvalue weighted by Crippen LogP contribution is -2.38. The van der Waals surface area contributed by atoms with E-state index in [2.05, 4.69) is 0 Å². The van der Waals surface area contributed by atoms with Crippen molar-refractivity contribution in [2.45, 2.75) is 25.9 Å². The van der Waals surface area contributed by atoms with E-state index in [9.17, 15) is 23.3 Å². The summed E-state index contributed by atoms with van der Waals surface area (Å²) in [7, 11) is -3.30. The molecule has 9 heteroatoms. The Morgan fingerprint density at radius 1 is 0.929 bits per heavy atom. The van der Waals surface area contributed by atoms with Crippen LogP contribution in [0.1, 0.15) is 11.1 Å².